The van der Waals surface area contributed by atoms with E-state index >= 15 is 0 Å². The molecule has 1 fully saturated rings. The minimum absolute atomic E-state index is 0.0473. The minimum Gasteiger partial charge on any atom is -0.459 e. The van der Waals surface area contributed by atoms with E-state index in [1.165, 1.54) is 0 Å². The summed E-state index contributed by atoms with van der Waals surface area (Å²) < 4.78 is 64.2. The molecule has 0 radical (unpaired) electrons. The lowest BCUT2D eigenvalue weighted by atomic mass is 9.98. The number of oxazole rings is 1. The molecule has 0 atom stereocenters. The zero-order chi connectivity index (χ0) is 23.6. The Balaban J connectivity index is 1.33. The molecule has 7 nitrogen and oxygen atoms in total. The molecule has 0 N–H and O–H groups in total. The number of rotatable bonds is 6. The first kappa shape index (κ1) is 23.1. The maximum absolute atomic E-state index is 13.5. The van der Waals surface area contributed by atoms with Gasteiger partial charge in [-0.05, 0) is 50.1 Å². The number of aromatic nitrogens is 1. The smallest absolute Gasteiger partial charge is 0.309 e. The molecule has 0 unspecified atom stereocenters. The number of hydrogen-bond acceptors (Lipinski definition) is 6. The monoisotopic (exact) mass is 476 g/mol. The number of carbonyl (C=O) groups excluding carboxylic acids is 1. The standard InChI is InChI=1S/C23H22F2N2O5S/c1-15-21(26-22(32-15)16-5-3-2-4-6-16)14-31-23(28)17-9-11-27(12-10-17)33(29,30)18-7-8-19(24)20(25)13-18/h2-8,13,17H,9-12,14H2,1H3. The lowest BCUT2D eigenvalue weighted by Crippen LogP contribution is -2.40. The van der Waals surface area contributed by atoms with Crippen LogP contribution in [0.2, 0.25) is 0 Å². The van der Waals surface area contributed by atoms with Gasteiger partial charge in [0.15, 0.2) is 11.6 Å². The van der Waals surface area contributed by atoms with Crippen molar-refractivity contribution in [1.82, 2.24) is 9.29 Å². The molecular formula is C23H22F2N2O5S. The van der Waals surface area contributed by atoms with Gasteiger partial charge in [-0.3, -0.25) is 4.79 Å². The van der Waals surface area contributed by atoms with Crippen LogP contribution >= 0.6 is 0 Å². The Bertz CT molecular complexity index is 1250. The topological polar surface area (TPSA) is 89.7 Å². The van der Waals surface area contributed by atoms with Crippen molar-refractivity contribution in [3.05, 3.63) is 71.6 Å². The molecule has 10 heteroatoms. The molecule has 174 valence electrons. The highest BCUT2D eigenvalue weighted by atomic mass is 32.2. The Morgan fingerprint density at radius 3 is 2.48 bits per heavy atom. The average Bonchev–Trinajstić information content (AvgIpc) is 3.20. The van der Waals surface area contributed by atoms with Gasteiger partial charge >= 0.3 is 5.97 Å². The van der Waals surface area contributed by atoms with Crippen molar-refractivity contribution < 1.29 is 31.1 Å². The van der Waals surface area contributed by atoms with Gasteiger partial charge in [0.05, 0.1) is 10.8 Å². The van der Waals surface area contributed by atoms with Crippen molar-refractivity contribution in [2.75, 3.05) is 13.1 Å². The molecule has 0 bridgehead atoms. The maximum atomic E-state index is 13.5. The molecule has 0 spiro atoms. The van der Waals surface area contributed by atoms with Crippen LogP contribution in [0.25, 0.3) is 11.5 Å². The van der Waals surface area contributed by atoms with Gasteiger partial charge in [0.2, 0.25) is 15.9 Å². The summed E-state index contributed by atoms with van der Waals surface area (Å²) in [6.07, 6.45) is 0.517. The summed E-state index contributed by atoms with van der Waals surface area (Å²) in [5.41, 5.74) is 1.33. The maximum Gasteiger partial charge on any atom is 0.309 e. The SMILES string of the molecule is Cc1oc(-c2ccccc2)nc1COC(=O)C1CCN(S(=O)(=O)c2ccc(F)c(F)c2)CC1. The van der Waals surface area contributed by atoms with E-state index in [4.69, 9.17) is 9.15 Å². The Morgan fingerprint density at radius 1 is 1.12 bits per heavy atom. The van der Waals surface area contributed by atoms with Crippen LogP contribution in [0.3, 0.4) is 0 Å². The van der Waals surface area contributed by atoms with E-state index in [1.807, 2.05) is 30.3 Å². The van der Waals surface area contributed by atoms with Crippen LogP contribution in [0.5, 0.6) is 0 Å². The van der Waals surface area contributed by atoms with Crippen LogP contribution in [0, 0.1) is 24.5 Å². The molecule has 1 saturated heterocycles. The van der Waals surface area contributed by atoms with Gasteiger partial charge in [-0.2, -0.15) is 4.31 Å². The zero-order valence-electron chi connectivity index (χ0n) is 17.8. The molecule has 33 heavy (non-hydrogen) atoms. The van der Waals surface area contributed by atoms with Crippen LogP contribution < -0.4 is 0 Å². The highest BCUT2D eigenvalue weighted by Crippen LogP contribution is 2.26. The Hall–Kier alpha value is -3.11. The number of esters is 1. The third kappa shape index (κ3) is 4.96. The number of halogens is 2. The van der Waals surface area contributed by atoms with Gasteiger partial charge in [0, 0.05) is 18.7 Å². The Kier molecular flexibility index (Phi) is 6.57. The van der Waals surface area contributed by atoms with Crippen molar-refractivity contribution >= 4 is 16.0 Å². The molecule has 0 saturated carbocycles. The van der Waals surface area contributed by atoms with Crippen molar-refractivity contribution in [2.24, 2.45) is 5.92 Å². The van der Waals surface area contributed by atoms with Crippen LogP contribution in [0.15, 0.2) is 57.8 Å². The highest BCUT2D eigenvalue weighted by molar-refractivity contribution is 7.89. The number of ether oxygens (including phenoxy) is 1. The predicted molar refractivity (Wildman–Crippen MR) is 114 cm³/mol. The van der Waals surface area contributed by atoms with Crippen molar-refractivity contribution in [3.63, 3.8) is 0 Å². The second-order valence-electron chi connectivity index (χ2n) is 7.75. The zero-order valence-corrected chi connectivity index (χ0v) is 18.6. The third-order valence-electron chi connectivity index (χ3n) is 5.58. The van der Waals surface area contributed by atoms with E-state index in [1.54, 1.807) is 6.92 Å². The van der Waals surface area contributed by atoms with E-state index in [0.29, 0.717) is 23.4 Å². The van der Waals surface area contributed by atoms with E-state index in [2.05, 4.69) is 4.98 Å². The number of nitrogens with zero attached hydrogens (tertiary/aromatic N) is 2. The van der Waals surface area contributed by atoms with Crippen LogP contribution in [-0.2, 0) is 26.2 Å². The Labute approximate surface area is 190 Å². The van der Waals surface area contributed by atoms with Gasteiger partial charge in [-0.1, -0.05) is 18.2 Å². The van der Waals surface area contributed by atoms with Gasteiger partial charge in [-0.15, -0.1) is 0 Å². The van der Waals surface area contributed by atoms with E-state index in [-0.39, 0.29) is 37.4 Å². The first-order valence-corrected chi connectivity index (χ1v) is 11.8. The highest BCUT2D eigenvalue weighted by Gasteiger charge is 2.33. The molecular weight excluding hydrogens is 454 g/mol. The normalized spacial score (nSPS) is 15.5. The quantitative estimate of drug-likeness (QED) is 0.498. The van der Waals surface area contributed by atoms with Gasteiger partial charge in [-0.25, -0.2) is 22.2 Å². The van der Waals surface area contributed by atoms with Crippen LogP contribution in [-0.4, -0.2) is 36.8 Å². The molecule has 0 amide bonds. The first-order valence-electron chi connectivity index (χ1n) is 10.4. The van der Waals surface area contributed by atoms with Crippen LogP contribution in [0.1, 0.15) is 24.3 Å². The molecule has 1 aliphatic rings. The number of benzene rings is 2. The number of hydrogen-bond donors (Lipinski definition) is 0. The van der Waals surface area contributed by atoms with E-state index in [0.717, 1.165) is 22.0 Å². The third-order valence-corrected chi connectivity index (χ3v) is 7.48. The summed E-state index contributed by atoms with van der Waals surface area (Å²) in [6, 6.07) is 11.8. The molecule has 2 heterocycles. The fourth-order valence-corrected chi connectivity index (χ4v) is 5.12. The summed E-state index contributed by atoms with van der Waals surface area (Å²) in [7, 11) is -3.98. The number of piperidine rings is 1. The van der Waals surface area contributed by atoms with Gasteiger partial charge in [0.1, 0.15) is 18.1 Å². The molecule has 2 aromatic carbocycles. The van der Waals surface area contributed by atoms with E-state index < -0.39 is 33.5 Å². The fraction of sp³-hybridized carbons (Fsp3) is 0.304. The largest absolute Gasteiger partial charge is 0.459 e. The first-order chi connectivity index (χ1) is 15.8. The van der Waals surface area contributed by atoms with E-state index in [9.17, 15) is 22.0 Å². The molecule has 4 rings (SSSR count). The van der Waals surface area contributed by atoms with Crippen molar-refractivity contribution in [2.45, 2.75) is 31.3 Å². The second kappa shape index (κ2) is 9.40. The number of carbonyl (C=O) groups is 1. The number of sulfonamides is 1. The summed E-state index contributed by atoms with van der Waals surface area (Å²) in [5, 5.41) is 0. The van der Waals surface area contributed by atoms with Crippen LogP contribution in [0.4, 0.5) is 8.78 Å². The summed E-state index contributed by atoms with van der Waals surface area (Å²) in [5.74, 6) is -2.27. The van der Waals surface area contributed by atoms with Crippen molar-refractivity contribution in [3.8, 4) is 11.5 Å². The molecule has 3 aromatic rings. The summed E-state index contributed by atoms with van der Waals surface area (Å²) in [6.45, 7) is 1.84. The molecule has 1 aliphatic heterocycles. The van der Waals surface area contributed by atoms with Crippen molar-refractivity contribution in [1.29, 1.82) is 0 Å². The summed E-state index contributed by atoms with van der Waals surface area (Å²) >= 11 is 0. The second-order valence-corrected chi connectivity index (χ2v) is 9.69. The van der Waals surface area contributed by atoms with Gasteiger partial charge in [0.25, 0.3) is 0 Å². The molecule has 0 aliphatic carbocycles. The number of aryl methyl sites for hydroxylation is 1. The fourth-order valence-electron chi connectivity index (χ4n) is 3.64. The average molecular weight is 477 g/mol. The molecule has 1 aromatic heterocycles. The Morgan fingerprint density at radius 2 is 1.82 bits per heavy atom. The predicted octanol–water partition coefficient (Wildman–Crippen LogP) is 4.07. The lowest BCUT2D eigenvalue weighted by Gasteiger charge is -2.30. The summed E-state index contributed by atoms with van der Waals surface area (Å²) in [4.78, 5) is 16.6. The minimum atomic E-state index is -3.98. The van der Waals surface area contributed by atoms with Gasteiger partial charge < -0.3 is 9.15 Å². The lowest BCUT2D eigenvalue weighted by molar-refractivity contribution is -0.151.